The molecule has 1 unspecified atom stereocenters. The Morgan fingerprint density at radius 2 is 1.92 bits per heavy atom. The minimum Gasteiger partial charge on any atom is -0.465 e. The van der Waals surface area contributed by atoms with Crippen LogP contribution in [0.25, 0.3) is 0 Å². The number of nitrogens with two attached hydrogens (primary N) is 1. The van der Waals surface area contributed by atoms with Crippen molar-refractivity contribution in [3.8, 4) is 6.07 Å². The molecule has 2 aliphatic carbocycles. The summed E-state index contributed by atoms with van der Waals surface area (Å²) in [5, 5.41) is 20.2. The summed E-state index contributed by atoms with van der Waals surface area (Å²) in [7, 11) is 1.33. The Balaban J connectivity index is 1.54. The molecule has 36 heavy (non-hydrogen) atoms. The monoisotopic (exact) mass is 521 g/mol. The number of aromatic nitrogens is 2. The first-order chi connectivity index (χ1) is 17.5. The van der Waals surface area contributed by atoms with Gasteiger partial charge < -0.3 is 10.5 Å². The lowest BCUT2D eigenvalue weighted by atomic mass is 9.75. The van der Waals surface area contributed by atoms with Crippen LogP contribution >= 0.6 is 23.1 Å². The number of anilines is 1. The number of carbonyl (C=O) groups excluding carboxylic acids is 2. The largest absolute Gasteiger partial charge is 0.465 e. The lowest BCUT2D eigenvalue weighted by Gasteiger charge is -2.38. The number of nitrogens with zero attached hydrogens (tertiary/aromatic N) is 4. The zero-order chi connectivity index (χ0) is 25.2. The maximum atomic E-state index is 13.3. The molecule has 0 radical (unpaired) electrons. The van der Waals surface area contributed by atoms with Crippen LogP contribution in [0.1, 0.15) is 73.2 Å². The number of rotatable bonds is 5. The highest BCUT2D eigenvalue weighted by atomic mass is 32.2. The standard InChI is InChI=1S/C26H27N5O3S2/c1-34-24(33)16-12-10-15(11-13-16)21-18(14-27)23(28)31(19-8-5-9-20(32)22(19)21)25-29-30-26(36-25)35-17-6-3-2-4-7-17/h10-13,17,21H,2-9,28H2,1H3. The molecule has 5 rings (SSSR count). The SMILES string of the molecule is COC(=O)c1ccc(C2C(C#N)=C(N)N(c3nnc(SC4CCCCC4)s3)C3=C2C(=O)CCC3)cc1. The van der Waals surface area contributed by atoms with Gasteiger partial charge in [0.15, 0.2) is 10.1 Å². The molecule has 0 amide bonds. The molecular weight excluding hydrogens is 494 g/mol. The van der Waals surface area contributed by atoms with Gasteiger partial charge in [0.1, 0.15) is 5.82 Å². The summed E-state index contributed by atoms with van der Waals surface area (Å²) in [6, 6.07) is 9.07. The first-order valence-electron chi connectivity index (χ1n) is 12.2. The van der Waals surface area contributed by atoms with Crippen LogP contribution in [0.5, 0.6) is 0 Å². The van der Waals surface area contributed by atoms with E-state index in [9.17, 15) is 14.9 Å². The first kappa shape index (κ1) is 24.5. The van der Waals surface area contributed by atoms with Crippen LogP contribution in [0.2, 0.25) is 0 Å². The molecule has 10 heteroatoms. The molecule has 1 aromatic heterocycles. The zero-order valence-corrected chi connectivity index (χ0v) is 21.7. The van der Waals surface area contributed by atoms with E-state index < -0.39 is 11.9 Å². The fraction of sp³-hybridized carbons (Fsp3) is 0.423. The summed E-state index contributed by atoms with van der Waals surface area (Å²) in [5.74, 6) is -0.758. The Morgan fingerprint density at radius 1 is 1.17 bits per heavy atom. The van der Waals surface area contributed by atoms with Crippen molar-refractivity contribution < 1.29 is 14.3 Å². The summed E-state index contributed by atoms with van der Waals surface area (Å²) >= 11 is 3.22. The van der Waals surface area contributed by atoms with E-state index in [0.717, 1.165) is 15.6 Å². The molecule has 1 saturated carbocycles. The maximum Gasteiger partial charge on any atom is 0.337 e. The molecule has 1 atom stereocenters. The van der Waals surface area contributed by atoms with Gasteiger partial charge in [-0.3, -0.25) is 9.69 Å². The number of hydrogen-bond acceptors (Lipinski definition) is 10. The van der Waals surface area contributed by atoms with Gasteiger partial charge in [0.2, 0.25) is 5.13 Å². The topological polar surface area (TPSA) is 122 Å². The van der Waals surface area contributed by atoms with E-state index in [-0.39, 0.29) is 11.6 Å². The Morgan fingerprint density at radius 3 is 2.61 bits per heavy atom. The van der Waals surface area contributed by atoms with E-state index in [1.54, 1.807) is 40.9 Å². The van der Waals surface area contributed by atoms with Crippen molar-refractivity contribution >= 4 is 40.0 Å². The third kappa shape index (κ3) is 4.53. The third-order valence-electron chi connectivity index (χ3n) is 6.99. The van der Waals surface area contributed by atoms with Gasteiger partial charge in [-0.25, -0.2) is 4.79 Å². The summed E-state index contributed by atoms with van der Waals surface area (Å²) in [5.41, 5.74) is 9.43. The number of methoxy groups -OCH3 is 1. The molecule has 2 aromatic rings. The number of allylic oxidation sites excluding steroid dienone is 3. The number of ether oxygens (including phenoxy) is 1. The predicted octanol–water partition coefficient (Wildman–Crippen LogP) is 5.05. The van der Waals surface area contributed by atoms with Crippen molar-refractivity contribution in [2.45, 2.75) is 66.9 Å². The van der Waals surface area contributed by atoms with Gasteiger partial charge in [0, 0.05) is 22.9 Å². The van der Waals surface area contributed by atoms with Gasteiger partial charge in [-0.1, -0.05) is 54.5 Å². The molecule has 2 heterocycles. The highest BCUT2D eigenvalue weighted by Gasteiger charge is 2.41. The molecule has 1 aliphatic heterocycles. The molecule has 0 saturated heterocycles. The molecule has 3 aliphatic rings. The number of Topliss-reactive ketones (excluding diaryl/α,β-unsaturated/α-hetero) is 1. The number of thioether (sulfide) groups is 1. The molecule has 186 valence electrons. The molecule has 8 nitrogen and oxygen atoms in total. The lowest BCUT2D eigenvalue weighted by molar-refractivity contribution is -0.116. The summed E-state index contributed by atoms with van der Waals surface area (Å²) < 4.78 is 5.68. The minimum absolute atomic E-state index is 0.00450. The van der Waals surface area contributed by atoms with Gasteiger partial charge in [-0.2, -0.15) is 5.26 Å². The van der Waals surface area contributed by atoms with Crippen LogP contribution in [0.3, 0.4) is 0 Å². The van der Waals surface area contributed by atoms with Gasteiger partial charge in [0.25, 0.3) is 0 Å². The molecular formula is C26H27N5O3S2. The number of benzene rings is 1. The van der Waals surface area contributed by atoms with E-state index in [1.807, 2.05) is 0 Å². The second-order valence-electron chi connectivity index (χ2n) is 9.16. The molecule has 0 spiro atoms. The van der Waals surface area contributed by atoms with Crippen LogP contribution in [0.4, 0.5) is 5.13 Å². The number of hydrogen-bond donors (Lipinski definition) is 1. The quantitative estimate of drug-likeness (QED) is 0.538. The van der Waals surface area contributed by atoms with Crippen molar-refractivity contribution in [2.75, 3.05) is 12.0 Å². The second-order valence-corrected chi connectivity index (χ2v) is 11.7. The maximum absolute atomic E-state index is 13.3. The highest BCUT2D eigenvalue weighted by molar-refractivity contribution is 8.01. The van der Waals surface area contributed by atoms with Crippen LogP contribution in [0.15, 0.2) is 51.3 Å². The van der Waals surface area contributed by atoms with Crippen LogP contribution in [-0.2, 0) is 9.53 Å². The van der Waals surface area contributed by atoms with Crippen LogP contribution in [-0.4, -0.2) is 34.3 Å². The lowest BCUT2D eigenvalue weighted by Crippen LogP contribution is -2.38. The number of carbonyl (C=O) groups is 2. The van der Waals surface area contributed by atoms with E-state index >= 15 is 0 Å². The van der Waals surface area contributed by atoms with E-state index in [2.05, 4.69) is 16.3 Å². The Kier molecular flexibility index (Phi) is 7.12. The predicted molar refractivity (Wildman–Crippen MR) is 138 cm³/mol. The average molecular weight is 522 g/mol. The summed E-state index contributed by atoms with van der Waals surface area (Å²) in [6.45, 7) is 0. The van der Waals surface area contributed by atoms with Gasteiger partial charge in [-0.15, -0.1) is 10.2 Å². The second kappa shape index (κ2) is 10.4. The molecule has 1 fully saturated rings. The Bertz CT molecular complexity index is 1290. The van der Waals surface area contributed by atoms with Gasteiger partial charge >= 0.3 is 5.97 Å². The fourth-order valence-electron chi connectivity index (χ4n) is 5.23. The van der Waals surface area contributed by atoms with Gasteiger partial charge in [0.05, 0.1) is 30.2 Å². The zero-order valence-electron chi connectivity index (χ0n) is 20.0. The smallest absolute Gasteiger partial charge is 0.337 e. The van der Waals surface area contributed by atoms with E-state index in [1.165, 1.54) is 50.6 Å². The molecule has 2 N–H and O–H groups in total. The molecule has 0 bridgehead atoms. The fourth-order valence-corrected chi connectivity index (χ4v) is 7.62. The normalized spacial score (nSPS) is 20.8. The number of nitriles is 1. The van der Waals surface area contributed by atoms with E-state index in [4.69, 9.17) is 10.5 Å². The summed E-state index contributed by atoms with van der Waals surface area (Å²) in [4.78, 5) is 26.9. The van der Waals surface area contributed by atoms with Crippen molar-refractivity contribution in [3.05, 3.63) is 58.1 Å². The van der Waals surface area contributed by atoms with Crippen molar-refractivity contribution in [1.29, 1.82) is 5.26 Å². The number of esters is 1. The third-order valence-corrected chi connectivity index (χ3v) is 9.31. The summed E-state index contributed by atoms with van der Waals surface area (Å²) in [6.07, 6.45) is 7.94. The Hall–Kier alpha value is -3.16. The van der Waals surface area contributed by atoms with Crippen molar-refractivity contribution in [2.24, 2.45) is 5.73 Å². The molecule has 1 aromatic carbocycles. The van der Waals surface area contributed by atoms with Crippen LogP contribution < -0.4 is 10.6 Å². The Labute approximate surface area is 218 Å². The highest BCUT2D eigenvalue weighted by Crippen LogP contribution is 2.47. The average Bonchev–Trinajstić information content (AvgIpc) is 3.36. The van der Waals surface area contributed by atoms with Gasteiger partial charge in [-0.05, 0) is 43.4 Å². The first-order valence-corrected chi connectivity index (χ1v) is 13.9. The minimum atomic E-state index is -0.593. The van der Waals surface area contributed by atoms with E-state index in [0.29, 0.717) is 46.4 Å². The van der Waals surface area contributed by atoms with Crippen LogP contribution in [0, 0.1) is 11.3 Å². The van der Waals surface area contributed by atoms with Crippen molar-refractivity contribution in [3.63, 3.8) is 0 Å². The van der Waals surface area contributed by atoms with Crippen molar-refractivity contribution in [1.82, 2.24) is 10.2 Å². The number of ketones is 1.